The first-order valence-electron chi connectivity index (χ1n) is 4.93. The van der Waals surface area contributed by atoms with Gasteiger partial charge in [-0.2, -0.15) is 0 Å². The number of ether oxygens (including phenoxy) is 1. The summed E-state index contributed by atoms with van der Waals surface area (Å²) in [6.07, 6.45) is 4.22. The number of methoxy groups -OCH3 is 1. The van der Waals surface area contributed by atoms with Gasteiger partial charge in [-0.3, -0.25) is 0 Å². The zero-order valence-corrected chi connectivity index (χ0v) is 8.39. The highest BCUT2D eigenvalue weighted by molar-refractivity contribution is 4.94. The second-order valence-corrected chi connectivity index (χ2v) is 3.85. The van der Waals surface area contributed by atoms with E-state index >= 15 is 0 Å². The number of rotatable bonds is 4. The third-order valence-electron chi connectivity index (χ3n) is 2.77. The lowest BCUT2D eigenvalue weighted by atomic mass is 9.80. The van der Waals surface area contributed by atoms with Gasteiger partial charge in [-0.25, -0.2) is 4.68 Å². The van der Waals surface area contributed by atoms with Gasteiger partial charge in [-0.1, -0.05) is 5.21 Å². The Hall–Kier alpha value is -0.940. The van der Waals surface area contributed by atoms with E-state index in [1.54, 1.807) is 7.11 Å². The van der Waals surface area contributed by atoms with Crippen LogP contribution >= 0.6 is 0 Å². The summed E-state index contributed by atoms with van der Waals surface area (Å²) in [5, 5.41) is 8.09. The van der Waals surface area contributed by atoms with E-state index in [1.165, 1.54) is 0 Å². The van der Waals surface area contributed by atoms with Gasteiger partial charge in [0.25, 0.3) is 0 Å². The number of hydrogen-bond donors (Lipinski definition) is 1. The summed E-state index contributed by atoms with van der Waals surface area (Å²) >= 11 is 0. The van der Waals surface area contributed by atoms with E-state index in [1.807, 2.05) is 10.9 Å². The highest BCUT2D eigenvalue weighted by Crippen LogP contribution is 2.36. The largest absolute Gasteiger partial charge is 0.378 e. The minimum atomic E-state index is 0.502. The fourth-order valence-electron chi connectivity index (χ4n) is 1.81. The van der Waals surface area contributed by atoms with E-state index in [0.29, 0.717) is 18.6 Å². The third-order valence-corrected chi connectivity index (χ3v) is 2.77. The van der Waals surface area contributed by atoms with Crippen LogP contribution in [0.1, 0.15) is 24.6 Å². The lowest BCUT2D eigenvalue weighted by Gasteiger charge is -2.33. The molecule has 0 unspecified atom stereocenters. The van der Waals surface area contributed by atoms with Crippen LogP contribution in [0.5, 0.6) is 0 Å². The van der Waals surface area contributed by atoms with Crippen molar-refractivity contribution in [3.63, 3.8) is 0 Å². The monoisotopic (exact) mass is 196 g/mol. The Kier molecular flexibility index (Phi) is 2.79. The van der Waals surface area contributed by atoms with Crippen LogP contribution in [0.3, 0.4) is 0 Å². The molecule has 1 aliphatic rings. The molecule has 2 rings (SSSR count). The zero-order chi connectivity index (χ0) is 9.97. The fraction of sp³-hybridized carbons (Fsp3) is 0.778. The highest BCUT2D eigenvalue weighted by Gasteiger charge is 2.30. The fourth-order valence-corrected chi connectivity index (χ4v) is 1.81. The van der Waals surface area contributed by atoms with Gasteiger partial charge in [0.15, 0.2) is 0 Å². The quantitative estimate of drug-likeness (QED) is 0.753. The lowest BCUT2D eigenvalue weighted by Crippen LogP contribution is -2.32. The topological polar surface area (TPSA) is 66.0 Å². The zero-order valence-electron chi connectivity index (χ0n) is 8.39. The van der Waals surface area contributed by atoms with Crippen molar-refractivity contribution in [2.75, 3.05) is 13.7 Å². The Morgan fingerprint density at radius 3 is 3.07 bits per heavy atom. The van der Waals surface area contributed by atoms with Crippen LogP contribution in [-0.2, 0) is 11.3 Å². The first-order valence-corrected chi connectivity index (χ1v) is 4.93. The van der Waals surface area contributed by atoms with Gasteiger partial charge in [0.2, 0.25) is 0 Å². The highest BCUT2D eigenvalue weighted by atomic mass is 16.5. The molecule has 0 aromatic carbocycles. The molecule has 0 spiro atoms. The molecule has 1 aromatic rings. The maximum Gasteiger partial charge on any atom is 0.108 e. The van der Waals surface area contributed by atoms with E-state index in [0.717, 1.165) is 25.1 Å². The van der Waals surface area contributed by atoms with Crippen LogP contribution in [-0.4, -0.2) is 28.6 Å². The molecule has 0 aliphatic heterocycles. The number of nitrogens with zero attached hydrogens (tertiary/aromatic N) is 3. The molecular weight excluding hydrogens is 180 g/mol. The molecule has 0 amide bonds. The summed E-state index contributed by atoms with van der Waals surface area (Å²) in [6.45, 7) is 1.32. The van der Waals surface area contributed by atoms with Gasteiger partial charge in [0.1, 0.15) is 5.69 Å². The number of nitrogens with two attached hydrogens (primary N) is 1. The van der Waals surface area contributed by atoms with E-state index in [9.17, 15) is 0 Å². The van der Waals surface area contributed by atoms with Crippen molar-refractivity contribution >= 4 is 0 Å². The SMILES string of the molecule is COCc1cn(C2CC(CN)C2)nn1. The van der Waals surface area contributed by atoms with Crippen LogP contribution in [0.2, 0.25) is 0 Å². The first kappa shape index (κ1) is 9.61. The van der Waals surface area contributed by atoms with Gasteiger partial charge in [0.05, 0.1) is 18.8 Å². The minimum Gasteiger partial charge on any atom is -0.378 e. The molecule has 0 saturated heterocycles. The van der Waals surface area contributed by atoms with E-state index in [4.69, 9.17) is 10.5 Å². The Morgan fingerprint density at radius 2 is 2.43 bits per heavy atom. The lowest BCUT2D eigenvalue weighted by molar-refractivity contribution is 0.180. The van der Waals surface area contributed by atoms with Gasteiger partial charge >= 0.3 is 0 Å². The molecule has 1 saturated carbocycles. The third kappa shape index (κ3) is 1.78. The normalized spacial score (nSPS) is 26.1. The van der Waals surface area contributed by atoms with Crippen molar-refractivity contribution in [1.29, 1.82) is 0 Å². The second-order valence-electron chi connectivity index (χ2n) is 3.85. The summed E-state index contributed by atoms with van der Waals surface area (Å²) in [4.78, 5) is 0. The molecule has 5 heteroatoms. The second kappa shape index (κ2) is 4.06. The van der Waals surface area contributed by atoms with Crippen molar-refractivity contribution in [3.8, 4) is 0 Å². The number of hydrogen-bond acceptors (Lipinski definition) is 4. The maximum atomic E-state index is 5.56. The molecule has 1 fully saturated rings. The minimum absolute atomic E-state index is 0.502. The summed E-state index contributed by atoms with van der Waals surface area (Å²) in [6, 6.07) is 0.502. The van der Waals surface area contributed by atoms with Crippen LogP contribution < -0.4 is 5.73 Å². The molecule has 1 aromatic heterocycles. The molecule has 5 nitrogen and oxygen atoms in total. The van der Waals surface area contributed by atoms with Crippen molar-refractivity contribution in [2.24, 2.45) is 11.7 Å². The van der Waals surface area contributed by atoms with Crippen LogP contribution in [0.15, 0.2) is 6.20 Å². The Balaban J connectivity index is 1.91. The summed E-state index contributed by atoms with van der Waals surface area (Å²) in [5.74, 6) is 0.676. The van der Waals surface area contributed by atoms with Gasteiger partial charge in [0, 0.05) is 7.11 Å². The standard InChI is InChI=1S/C9H16N4O/c1-14-6-8-5-13(12-11-8)9-2-7(3-9)4-10/h5,7,9H,2-4,6,10H2,1H3. The Bertz CT molecular complexity index is 293. The molecule has 14 heavy (non-hydrogen) atoms. The average Bonchev–Trinajstić information content (AvgIpc) is 2.52. The molecular formula is C9H16N4O. The van der Waals surface area contributed by atoms with Gasteiger partial charge in [-0.15, -0.1) is 5.10 Å². The molecule has 1 aliphatic carbocycles. The maximum absolute atomic E-state index is 5.56. The number of aromatic nitrogens is 3. The molecule has 0 radical (unpaired) electrons. The molecule has 78 valence electrons. The van der Waals surface area contributed by atoms with Crippen molar-refractivity contribution in [2.45, 2.75) is 25.5 Å². The Labute approximate surface area is 83.2 Å². The first-order chi connectivity index (χ1) is 6.83. The van der Waals surface area contributed by atoms with Gasteiger partial charge < -0.3 is 10.5 Å². The summed E-state index contributed by atoms with van der Waals surface area (Å²) in [5.41, 5.74) is 6.45. The van der Waals surface area contributed by atoms with Crippen molar-refractivity contribution in [3.05, 3.63) is 11.9 Å². The van der Waals surface area contributed by atoms with Crippen LogP contribution in [0.25, 0.3) is 0 Å². The predicted octanol–water partition coefficient (Wildman–Crippen LogP) is 0.334. The molecule has 0 bridgehead atoms. The van der Waals surface area contributed by atoms with Crippen molar-refractivity contribution in [1.82, 2.24) is 15.0 Å². The molecule has 2 N–H and O–H groups in total. The van der Waals surface area contributed by atoms with E-state index in [-0.39, 0.29) is 0 Å². The average molecular weight is 196 g/mol. The van der Waals surface area contributed by atoms with E-state index < -0.39 is 0 Å². The Morgan fingerprint density at radius 1 is 1.64 bits per heavy atom. The van der Waals surface area contributed by atoms with Crippen LogP contribution in [0.4, 0.5) is 0 Å². The van der Waals surface area contributed by atoms with Crippen molar-refractivity contribution < 1.29 is 4.74 Å². The molecule has 1 heterocycles. The molecule has 0 atom stereocenters. The predicted molar refractivity (Wildman–Crippen MR) is 51.6 cm³/mol. The summed E-state index contributed by atoms with van der Waals surface area (Å²) in [7, 11) is 1.66. The summed E-state index contributed by atoms with van der Waals surface area (Å²) < 4.78 is 6.91. The van der Waals surface area contributed by atoms with E-state index in [2.05, 4.69) is 10.3 Å². The van der Waals surface area contributed by atoms with Crippen LogP contribution in [0, 0.1) is 5.92 Å². The smallest absolute Gasteiger partial charge is 0.108 e. The van der Waals surface area contributed by atoms with Gasteiger partial charge in [-0.05, 0) is 25.3 Å².